The lowest BCUT2D eigenvalue weighted by molar-refractivity contribution is 0.434. The first-order valence-corrected chi connectivity index (χ1v) is 7.03. The Morgan fingerprint density at radius 1 is 1.17 bits per heavy atom. The largest absolute Gasteiger partial charge is 0.310 e. The number of unbranched alkanes of at least 4 members (excludes halogenated alkanes) is 1. The quantitative estimate of drug-likeness (QED) is 0.750. The summed E-state index contributed by atoms with van der Waals surface area (Å²) >= 11 is 0. The van der Waals surface area contributed by atoms with Gasteiger partial charge in [-0.05, 0) is 24.5 Å². The summed E-state index contributed by atoms with van der Waals surface area (Å²) in [6, 6.07) is 10.7. The van der Waals surface area contributed by atoms with Gasteiger partial charge < -0.3 is 5.32 Å². The SMILES string of the molecule is CCCCC(CCC)NCc1ccccc1C#N. The van der Waals surface area contributed by atoms with Crippen molar-refractivity contribution in [2.24, 2.45) is 0 Å². The Kier molecular flexibility index (Phi) is 7.13. The molecule has 0 saturated heterocycles. The van der Waals surface area contributed by atoms with Crippen LogP contribution in [-0.2, 0) is 6.54 Å². The van der Waals surface area contributed by atoms with E-state index in [4.69, 9.17) is 5.26 Å². The molecule has 0 aliphatic rings. The van der Waals surface area contributed by atoms with Crippen molar-refractivity contribution in [2.75, 3.05) is 0 Å². The molecular weight excluding hydrogens is 220 g/mol. The van der Waals surface area contributed by atoms with Crippen LogP contribution in [0, 0.1) is 11.3 Å². The number of benzene rings is 1. The summed E-state index contributed by atoms with van der Waals surface area (Å²) in [5, 5.41) is 12.6. The van der Waals surface area contributed by atoms with Crippen LogP contribution in [0.3, 0.4) is 0 Å². The Labute approximate surface area is 111 Å². The topological polar surface area (TPSA) is 35.8 Å². The van der Waals surface area contributed by atoms with Gasteiger partial charge in [0.2, 0.25) is 0 Å². The van der Waals surface area contributed by atoms with Gasteiger partial charge in [-0.1, -0.05) is 51.3 Å². The molecule has 0 aromatic heterocycles. The molecule has 1 N–H and O–H groups in total. The molecule has 1 atom stereocenters. The normalized spacial score (nSPS) is 12.1. The van der Waals surface area contributed by atoms with Crippen LogP contribution in [0.15, 0.2) is 24.3 Å². The average Bonchev–Trinajstić information content (AvgIpc) is 2.42. The van der Waals surface area contributed by atoms with Crippen LogP contribution in [0.25, 0.3) is 0 Å². The van der Waals surface area contributed by atoms with Crippen LogP contribution in [0.2, 0.25) is 0 Å². The zero-order valence-corrected chi connectivity index (χ0v) is 11.6. The summed E-state index contributed by atoms with van der Waals surface area (Å²) in [6.07, 6.45) is 6.18. The molecule has 0 aliphatic carbocycles. The molecule has 98 valence electrons. The molecule has 0 heterocycles. The molecule has 0 bridgehead atoms. The van der Waals surface area contributed by atoms with E-state index in [1.165, 1.54) is 32.1 Å². The van der Waals surface area contributed by atoms with Crippen LogP contribution < -0.4 is 5.32 Å². The first-order chi connectivity index (χ1) is 8.81. The Morgan fingerprint density at radius 2 is 1.94 bits per heavy atom. The lowest BCUT2D eigenvalue weighted by Gasteiger charge is -2.18. The molecule has 2 nitrogen and oxygen atoms in total. The molecule has 1 aromatic carbocycles. The van der Waals surface area contributed by atoms with Gasteiger partial charge in [0.1, 0.15) is 0 Å². The highest BCUT2D eigenvalue weighted by Gasteiger charge is 2.07. The van der Waals surface area contributed by atoms with Gasteiger partial charge >= 0.3 is 0 Å². The molecule has 0 aliphatic heterocycles. The van der Waals surface area contributed by atoms with E-state index in [9.17, 15) is 0 Å². The second kappa shape index (κ2) is 8.72. The van der Waals surface area contributed by atoms with E-state index in [1.807, 2.05) is 24.3 Å². The Balaban J connectivity index is 2.52. The fourth-order valence-corrected chi connectivity index (χ4v) is 2.19. The lowest BCUT2D eigenvalue weighted by atomic mass is 10.0. The molecule has 1 aromatic rings. The highest BCUT2D eigenvalue weighted by molar-refractivity contribution is 5.37. The van der Waals surface area contributed by atoms with Gasteiger partial charge in [-0.3, -0.25) is 0 Å². The van der Waals surface area contributed by atoms with Crippen LogP contribution in [0.1, 0.15) is 57.1 Å². The molecule has 1 unspecified atom stereocenters. The van der Waals surface area contributed by atoms with Crippen molar-refractivity contribution in [3.8, 4) is 6.07 Å². The van der Waals surface area contributed by atoms with Gasteiger partial charge in [-0.25, -0.2) is 0 Å². The average molecular weight is 244 g/mol. The molecule has 0 amide bonds. The fourth-order valence-electron chi connectivity index (χ4n) is 2.19. The highest BCUT2D eigenvalue weighted by Crippen LogP contribution is 2.11. The van der Waals surface area contributed by atoms with E-state index >= 15 is 0 Å². The van der Waals surface area contributed by atoms with Crippen molar-refractivity contribution in [2.45, 2.75) is 58.5 Å². The fraction of sp³-hybridized carbons (Fsp3) is 0.562. The Hall–Kier alpha value is -1.33. The van der Waals surface area contributed by atoms with Crippen molar-refractivity contribution >= 4 is 0 Å². The van der Waals surface area contributed by atoms with E-state index in [2.05, 4.69) is 25.2 Å². The van der Waals surface area contributed by atoms with E-state index in [-0.39, 0.29) is 0 Å². The van der Waals surface area contributed by atoms with Crippen LogP contribution >= 0.6 is 0 Å². The molecule has 0 fully saturated rings. The number of nitrogens with one attached hydrogen (secondary N) is 1. The van der Waals surface area contributed by atoms with Crippen molar-refractivity contribution in [1.29, 1.82) is 5.26 Å². The third-order valence-corrected chi connectivity index (χ3v) is 3.26. The predicted octanol–water partition coefficient (Wildman–Crippen LogP) is 4.01. The second-order valence-electron chi connectivity index (χ2n) is 4.78. The van der Waals surface area contributed by atoms with Crippen molar-refractivity contribution in [3.63, 3.8) is 0 Å². The number of nitrogens with zero attached hydrogens (tertiary/aromatic N) is 1. The minimum atomic E-state index is 0.585. The first kappa shape index (κ1) is 14.7. The number of nitriles is 1. The van der Waals surface area contributed by atoms with E-state index in [0.717, 1.165) is 17.7 Å². The van der Waals surface area contributed by atoms with E-state index < -0.39 is 0 Å². The third-order valence-electron chi connectivity index (χ3n) is 3.26. The van der Waals surface area contributed by atoms with Crippen LogP contribution in [0.5, 0.6) is 0 Å². The first-order valence-electron chi connectivity index (χ1n) is 7.03. The van der Waals surface area contributed by atoms with Gasteiger partial charge in [-0.15, -0.1) is 0 Å². The maximum atomic E-state index is 9.05. The van der Waals surface area contributed by atoms with Gasteiger partial charge in [0.25, 0.3) is 0 Å². The predicted molar refractivity (Wildman–Crippen MR) is 76.2 cm³/mol. The molecule has 18 heavy (non-hydrogen) atoms. The summed E-state index contributed by atoms with van der Waals surface area (Å²) in [6.45, 7) is 5.26. The summed E-state index contributed by atoms with van der Waals surface area (Å²) < 4.78 is 0. The number of hydrogen-bond donors (Lipinski definition) is 1. The second-order valence-corrected chi connectivity index (χ2v) is 4.78. The van der Waals surface area contributed by atoms with Crippen molar-refractivity contribution < 1.29 is 0 Å². The van der Waals surface area contributed by atoms with E-state index in [0.29, 0.717) is 6.04 Å². The minimum Gasteiger partial charge on any atom is -0.310 e. The smallest absolute Gasteiger partial charge is 0.0995 e. The summed E-state index contributed by atoms with van der Waals surface area (Å²) in [5.74, 6) is 0. The van der Waals surface area contributed by atoms with Crippen molar-refractivity contribution in [3.05, 3.63) is 35.4 Å². The Morgan fingerprint density at radius 3 is 2.61 bits per heavy atom. The molecular formula is C16H24N2. The molecule has 0 spiro atoms. The maximum Gasteiger partial charge on any atom is 0.0995 e. The number of hydrogen-bond acceptors (Lipinski definition) is 2. The zero-order chi connectivity index (χ0) is 13.2. The van der Waals surface area contributed by atoms with Gasteiger partial charge in [0, 0.05) is 12.6 Å². The maximum absolute atomic E-state index is 9.05. The zero-order valence-electron chi connectivity index (χ0n) is 11.6. The highest BCUT2D eigenvalue weighted by atomic mass is 14.9. The molecule has 0 saturated carbocycles. The molecule has 0 radical (unpaired) electrons. The summed E-state index contributed by atoms with van der Waals surface area (Å²) in [4.78, 5) is 0. The third kappa shape index (κ3) is 4.89. The molecule has 2 heteroatoms. The monoisotopic (exact) mass is 244 g/mol. The van der Waals surface area contributed by atoms with Gasteiger partial charge in [0.05, 0.1) is 11.6 Å². The van der Waals surface area contributed by atoms with Crippen LogP contribution in [-0.4, -0.2) is 6.04 Å². The Bertz CT molecular complexity index is 379. The lowest BCUT2D eigenvalue weighted by Crippen LogP contribution is -2.28. The van der Waals surface area contributed by atoms with Crippen molar-refractivity contribution in [1.82, 2.24) is 5.32 Å². The summed E-state index contributed by atoms with van der Waals surface area (Å²) in [5.41, 5.74) is 1.90. The summed E-state index contributed by atoms with van der Waals surface area (Å²) in [7, 11) is 0. The molecule has 1 rings (SSSR count). The van der Waals surface area contributed by atoms with Crippen LogP contribution in [0.4, 0.5) is 0 Å². The standard InChI is InChI=1S/C16H24N2/c1-3-5-11-16(8-4-2)18-13-15-10-7-6-9-14(15)12-17/h6-7,9-10,16,18H,3-5,8,11,13H2,1-2H3. The number of rotatable bonds is 8. The van der Waals surface area contributed by atoms with Gasteiger partial charge in [0.15, 0.2) is 0 Å². The van der Waals surface area contributed by atoms with E-state index in [1.54, 1.807) is 0 Å². The minimum absolute atomic E-state index is 0.585. The van der Waals surface area contributed by atoms with Gasteiger partial charge in [-0.2, -0.15) is 5.26 Å².